The highest BCUT2D eigenvalue weighted by Gasteiger charge is 2.01. The summed E-state index contributed by atoms with van der Waals surface area (Å²) in [5, 5.41) is 6.17. The van der Waals surface area contributed by atoms with Crippen LogP contribution >= 0.6 is 0 Å². The predicted molar refractivity (Wildman–Crippen MR) is 113 cm³/mol. The first-order valence-corrected chi connectivity index (χ1v) is 8.83. The van der Waals surface area contributed by atoms with Gasteiger partial charge in [0.05, 0.1) is 11.4 Å². The Morgan fingerprint density at radius 3 is 2.37 bits per heavy atom. The molecule has 0 bridgehead atoms. The minimum Gasteiger partial charge on any atom is -0.397 e. The molecule has 0 saturated heterocycles. The SMILES string of the molecule is Cc1ccc(CNc2ccc(/C=C/C(=O)Nc3ccccc3N)cc2)cc1. The Bertz CT molecular complexity index is 929. The third kappa shape index (κ3) is 5.47. The van der Waals surface area contributed by atoms with E-state index in [0.29, 0.717) is 11.4 Å². The van der Waals surface area contributed by atoms with Gasteiger partial charge in [0, 0.05) is 18.3 Å². The predicted octanol–water partition coefficient (Wildman–Crippen LogP) is 4.84. The maximum atomic E-state index is 12.0. The van der Waals surface area contributed by atoms with Gasteiger partial charge in [-0.05, 0) is 48.4 Å². The van der Waals surface area contributed by atoms with E-state index in [4.69, 9.17) is 5.73 Å². The fourth-order valence-corrected chi connectivity index (χ4v) is 2.58. The first-order valence-electron chi connectivity index (χ1n) is 8.83. The molecule has 4 N–H and O–H groups in total. The van der Waals surface area contributed by atoms with E-state index in [0.717, 1.165) is 17.8 Å². The van der Waals surface area contributed by atoms with Crippen LogP contribution in [0.3, 0.4) is 0 Å². The number of aryl methyl sites for hydroxylation is 1. The number of para-hydroxylation sites is 2. The molecule has 4 nitrogen and oxygen atoms in total. The summed E-state index contributed by atoms with van der Waals surface area (Å²) in [5.41, 5.74) is 11.5. The molecule has 27 heavy (non-hydrogen) atoms. The summed E-state index contributed by atoms with van der Waals surface area (Å²) in [7, 11) is 0. The van der Waals surface area contributed by atoms with Gasteiger partial charge in [0.1, 0.15) is 0 Å². The molecule has 0 saturated carbocycles. The van der Waals surface area contributed by atoms with E-state index in [-0.39, 0.29) is 5.91 Å². The zero-order valence-electron chi connectivity index (χ0n) is 15.3. The lowest BCUT2D eigenvalue weighted by atomic mass is 10.1. The first kappa shape index (κ1) is 18.3. The molecule has 0 aromatic heterocycles. The van der Waals surface area contributed by atoms with Crippen LogP contribution in [0.4, 0.5) is 17.1 Å². The molecule has 1 amide bonds. The Kier molecular flexibility index (Phi) is 5.90. The van der Waals surface area contributed by atoms with Crippen molar-refractivity contribution < 1.29 is 4.79 Å². The number of nitrogen functional groups attached to an aromatic ring is 1. The summed E-state index contributed by atoms with van der Waals surface area (Å²) in [6.07, 6.45) is 3.28. The van der Waals surface area contributed by atoms with Crippen LogP contribution in [0.15, 0.2) is 78.9 Å². The van der Waals surface area contributed by atoms with Crippen LogP contribution in [0.2, 0.25) is 0 Å². The lowest BCUT2D eigenvalue weighted by Crippen LogP contribution is -2.09. The van der Waals surface area contributed by atoms with Crippen molar-refractivity contribution in [3.8, 4) is 0 Å². The summed E-state index contributed by atoms with van der Waals surface area (Å²) < 4.78 is 0. The first-order chi connectivity index (χ1) is 13.1. The van der Waals surface area contributed by atoms with Crippen LogP contribution in [0, 0.1) is 6.92 Å². The standard InChI is InChI=1S/C23H23N3O/c1-17-6-8-19(9-7-17)16-25-20-13-10-18(11-14-20)12-15-23(27)26-22-5-3-2-4-21(22)24/h2-15,25H,16,24H2,1H3,(H,26,27)/b15-12+. The smallest absolute Gasteiger partial charge is 0.248 e. The molecule has 0 unspecified atom stereocenters. The third-order valence-electron chi connectivity index (χ3n) is 4.17. The number of nitrogens with two attached hydrogens (primary N) is 1. The molecule has 3 aromatic rings. The lowest BCUT2D eigenvalue weighted by molar-refractivity contribution is -0.111. The van der Waals surface area contributed by atoms with E-state index in [1.54, 1.807) is 18.2 Å². The van der Waals surface area contributed by atoms with Crippen LogP contribution in [-0.2, 0) is 11.3 Å². The maximum absolute atomic E-state index is 12.0. The highest BCUT2D eigenvalue weighted by Crippen LogP contribution is 2.17. The van der Waals surface area contributed by atoms with Crippen molar-refractivity contribution in [3.63, 3.8) is 0 Å². The summed E-state index contributed by atoms with van der Waals surface area (Å²) >= 11 is 0. The number of rotatable bonds is 6. The van der Waals surface area contributed by atoms with Gasteiger partial charge in [-0.25, -0.2) is 0 Å². The van der Waals surface area contributed by atoms with E-state index in [2.05, 4.69) is 41.8 Å². The fourth-order valence-electron chi connectivity index (χ4n) is 2.58. The van der Waals surface area contributed by atoms with Crippen molar-refractivity contribution in [1.29, 1.82) is 0 Å². The minimum absolute atomic E-state index is 0.213. The third-order valence-corrected chi connectivity index (χ3v) is 4.17. The van der Waals surface area contributed by atoms with Gasteiger partial charge in [0.2, 0.25) is 5.91 Å². The van der Waals surface area contributed by atoms with Gasteiger partial charge in [-0.3, -0.25) is 4.79 Å². The van der Waals surface area contributed by atoms with Gasteiger partial charge in [-0.1, -0.05) is 54.1 Å². The molecule has 0 aliphatic carbocycles. The summed E-state index contributed by atoms with van der Waals surface area (Å²) in [4.78, 5) is 12.0. The second kappa shape index (κ2) is 8.72. The Hall–Kier alpha value is -3.53. The topological polar surface area (TPSA) is 67.2 Å². The molecule has 0 aliphatic rings. The molecule has 136 valence electrons. The minimum atomic E-state index is -0.213. The number of hydrogen-bond donors (Lipinski definition) is 3. The van der Waals surface area contributed by atoms with Gasteiger partial charge in [-0.2, -0.15) is 0 Å². The monoisotopic (exact) mass is 357 g/mol. The van der Waals surface area contributed by atoms with Gasteiger partial charge in [0.25, 0.3) is 0 Å². The van der Waals surface area contributed by atoms with Crippen molar-refractivity contribution >= 4 is 29.0 Å². The molecule has 3 rings (SSSR count). The van der Waals surface area contributed by atoms with Crippen LogP contribution in [0.5, 0.6) is 0 Å². The molecule has 0 spiro atoms. The molecule has 0 aliphatic heterocycles. The van der Waals surface area contributed by atoms with Gasteiger partial charge >= 0.3 is 0 Å². The van der Waals surface area contributed by atoms with Crippen LogP contribution in [0.25, 0.3) is 6.08 Å². The zero-order valence-corrected chi connectivity index (χ0v) is 15.3. The quantitative estimate of drug-likeness (QED) is 0.437. The highest BCUT2D eigenvalue weighted by atomic mass is 16.1. The largest absolute Gasteiger partial charge is 0.397 e. The maximum Gasteiger partial charge on any atom is 0.248 e. The lowest BCUT2D eigenvalue weighted by Gasteiger charge is -2.07. The molecule has 0 fully saturated rings. The van der Waals surface area contributed by atoms with Gasteiger partial charge in [0.15, 0.2) is 0 Å². The van der Waals surface area contributed by atoms with Gasteiger partial charge < -0.3 is 16.4 Å². The molecular formula is C23H23N3O. The van der Waals surface area contributed by atoms with E-state index in [1.165, 1.54) is 17.2 Å². The number of carbonyl (C=O) groups is 1. The number of nitrogens with one attached hydrogen (secondary N) is 2. The van der Waals surface area contributed by atoms with Crippen LogP contribution in [-0.4, -0.2) is 5.91 Å². The van der Waals surface area contributed by atoms with Crippen molar-refractivity contribution in [2.75, 3.05) is 16.4 Å². The van der Waals surface area contributed by atoms with E-state index < -0.39 is 0 Å². The van der Waals surface area contributed by atoms with Crippen molar-refractivity contribution in [1.82, 2.24) is 0 Å². The van der Waals surface area contributed by atoms with E-state index in [1.807, 2.05) is 36.4 Å². The zero-order chi connectivity index (χ0) is 19.1. The van der Waals surface area contributed by atoms with Crippen molar-refractivity contribution in [2.45, 2.75) is 13.5 Å². The van der Waals surface area contributed by atoms with Gasteiger partial charge in [-0.15, -0.1) is 0 Å². The number of amides is 1. The van der Waals surface area contributed by atoms with Crippen molar-refractivity contribution in [2.24, 2.45) is 0 Å². The average molecular weight is 357 g/mol. The number of carbonyl (C=O) groups excluding carboxylic acids is 1. The Morgan fingerprint density at radius 1 is 0.963 bits per heavy atom. The van der Waals surface area contributed by atoms with E-state index >= 15 is 0 Å². The fraction of sp³-hybridized carbons (Fsp3) is 0.0870. The normalized spacial score (nSPS) is 10.7. The van der Waals surface area contributed by atoms with Crippen LogP contribution in [0.1, 0.15) is 16.7 Å². The Morgan fingerprint density at radius 2 is 1.67 bits per heavy atom. The average Bonchev–Trinajstić information content (AvgIpc) is 2.68. The Balaban J connectivity index is 1.53. The summed E-state index contributed by atoms with van der Waals surface area (Å²) in [6.45, 7) is 2.86. The van der Waals surface area contributed by atoms with E-state index in [9.17, 15) is 4.79 Å². The Labute approximate surface area is 159 Å². The summed E-state index contributed by atoms with van der Waals surface area (Å²) in [5.74, 6) is -0.213. The summed E-state index contributed by atoms with van der Waals surface area (Å²) in [6, 6.07) is 23.6. The molecule has 4 heteroatoms. The molecule has 3 aromatic carbocycles. The number of anilines is 3. The highest BCUT2D eigenvalue weighted by molar-refractivity contribution is 6.03. The molecular weight excluding hydrogens is 334 g/mol. The molecule has 0 atom stereocenters. The second-order valence-corrected chi connectivity index (χ2v) is 6.37. The number of hydrogen-bond acceptors (Lipinski definition) is 3. The number of benzene rings is 3. The van der Waals surface area contributed by atoms with Crippen molar-refractivity contribution in [3.05, 3.63) is 95.6 Å². The molecule has 0 heterocycles. The molecule has 0 radical (unpaired) electrons. The van der Waals surface area contributed by atoms with Crippen LogP contribution < -0.4 is 16.4 Å². The second-order valence-electron chi connectivity index (χ2n) is 6.37.